The molecule has 0 fully saturated rings. The molecule has 8 heteroatoms. The number of fused-ring (bicyclic) bond motifs is 2. The highest BCUT2D eigenvalue weighted by Crippen LogP contribution is 2.30. The zero-order valence-electron chi connectivity index (χ0n) is 15.3. The first-order chi connectivity index (χ1) is 14.1. The maximum Gasteiger partial charge on any atom is 0.387 e. The topological polar surface area (TPSA) is 79.0 Å². The first kappa shape index (κ1) is 18.7. The molecule has 0 atom stereocenters. The van der Waals surface area contributed by atoms with Gasteiger partial charge < -0.3 is 20.4 Å². The lowest BCUT2D eigenvalue weighted by Gasteiger charge is -2.12. The van der Waals surface area contributed by atoms with Crippen molar-refractivity contribution in [2.45, 2.75) is 13.0 Å². The Labute approximate surface area is 164 Å². The molecular weight excluding hydrogens is 378 g/mol. The molecule has 2 amide bonds. The standard InChI is InChI=1S/C21H18F2N4O2/c22-20(23)29-18-8-7-17(15-5-3-10-24-19(15)18)27-21(28)25-11-9-13-12-26-16-6-2-1-4-14(13)16/h1-8,10,12,20,26H,9,11H2,(H2,25,27,28). The zero-order valence-corrected chi connectivity index (χ0v) is 15.3. The van der Waals surface area contributed by atoms with Gasteiger partial charge in [0.1, 0.15) is 5.52 Å². The fraction of sp³-hybridized carbons (Fsp3) is 0.143. The van der Waals surface area contributed by atoms with Crippen LogP contribution in [0.15, 0.2) is 60.9 Å². The summed E-state index contributed by atoms with van der Waals surface area (Å²) in [6, 6.07) is 13.8. The second-order valence-electron chi connectivity index (χ2n) is 6.38. The third kappa shape index (κ3) is 4.11. The molecule has 0 saturated carbocycles. The molecule has 4 rings (SSSR count). The molecule has 3 N–H and O–H groups in total. The first-order valence-electron chi connectivity index (χ1n) is 9.04. The molecule has 0 aliphatic carbocycles. The number of rotatable bonds is 6. The van der Waals surface area contributed by atoms with Crippen LogP contribution >= 0.6 is 0 Å². The number of amides is 2. The Kier molecular flexibility index (Phi) is 5.24. The van der Waals surface area contributed by atoms with Gasteiger partial charge in [0, 0.05) is 35.2 Å². The van der Waals surface area contributed by atoms with E-state index in [0.29, 0.717) is 24.0 Å². The predicted octanol–water partition coefficient (Wildman–Crippen LogP) is 4.68. The zero-order chi connectivity index (χ0) is 20.2. The number of pyridine rings is 1. The number of carbonyl (C=O) groups excluding carboxylic acids is 1. The Morgan fingerprint density at radius 1 is 1.10 bits per heavy atom. The summed E-state index contributed by atoms with van der Waals surface area (Å²) in [5.41, 5.74) is 2.88. The molecule has 0 spiro atoms. The van der Waals surface area contributed by atoms with Gasteiger partial charge in [-0.2, -0.15) is 8.78 Å². The number of nitrogens with one attached hydrogen (secondary N) is 3. The van der Waals surface area contributed by atoms with Gasteiger partial charge in [-0.3, -0.25) is 4.98 Å². The number of halogens is 2. The highest BCUT2D eigenvalue weighted by molar-refractivity contribution is 6.02. The third-order valence-electron chi connectivity index (χ3n) is 4.55. The molecule has 0 radical (unpaired) electrons. The maximum absolute atomic E-state index is 12.6. The molecule has 6 nitrogen and oxygen atoms in total. The van der Waals surface area contributed by atoms with Crippen LogP contribution in [0.5, 0.6) is 5.75 Å². The van der Waals surface area contributed by atoms with Gasteiger partial charge in [-0.15, -0.1) is 0 Å². The monoisotopic (exact) mass is 396 g/mol. The lowest BCUT2D eigenvalue weighted by molar-refractivity contribution is -0.0489. The minimum absolute atomic E-state index is 0.0408. The average molecular weight is 396 g/mol. The van der Waals surface area contributed by atoms with Crippen molar-refractivity contribution >= 4 is 33.5 Å². The SMILES string of the molecule is O=C(NCCc1c[nH]c2ccccc12)Nc1ccc(OC(F)F)c2ncccc12. The van der Waals surface area contributed by atoms with E-state index in [2.05, 4.69) is 25.3 Å². The summed E-state index contributed by atoms with van der Waals surface area (Å²) >= 11 is 0. The summed E-state index contributed by atoms with van der Waals surface area (Å²) in [7, 11) is 0. The average Bonchev–Trinajstić information content (AvgIpc) is 3.13. The van der Waals surface area contributed by atoms with E-state index >= 15 is 0 Å². The van der Waals surface area contributed by atoms with Gasteiger partial charge >= 0.3 is 12.6 Å². The Balaban J connectivity index is 1.42. The molecule has 2 aromatic carbocycles. The normalized spacial score (nSPS) is 11.1. The number of alkyl halides is 2. The number of nitrogens with zero attached hydrogens (tertiary/aromatic N) is 1. The Hall–Kier alpha value is -3.68. The number of hydrogen-bond acceptors (Lipinski definition) is 3. The number of H-pyrrole nitrogens is 1. The highest BCUT2D eigenvalue weighted by atomic mass is 19.3. The summed E-state index contributed by atoms with van der Waals surface area (Å²) < 4.78 is 29.7. The van der Waals surface area contributed by atoms with Crippen LogP contribution in [-0.2, 0) is 6.42 Å². The van der Waals surface area contributed by atoms with Gasteiger partial charge in [0.05, 0.1) is 5.69 Å². The number of aromatic amines is 1. The van der Waals surface area contributed by atoms with Crippen molar-refractivity contribution < 1.29 is 18.3 Å². The van der Waals surface area contributed by atoms with Gasteiger partial charge in [-0.05, 0) is 42.3 Å². The Morgan fingerprint density at radius 3 is 2.79 bits per heavy atom. The molecule has 0 bridgehead atoms. The number of anilines is 1. The number of benzene rings is 2. The van der Waals surface area contributed by atoms with E-state index in [-0.39, 0.29) is 11.3 Å². The third-order valence-corrected chi connectivity index (χ3v) is 4.55. The minimum atomic E-state index is -2.95. The van der Waals surface area contributed by atoms with Crippen LogP contribution in [0.1, 0.15) is 5.56 Å². The molecule has 29 heavy (non-hydrogen) atoms. The van der Waals surface area contributed by atoms with Crippen molar-refractivity contribution in [1.82, 2.24) is 15.3 Å². The van der Waals surface area contributed by atoms with Crippen LogP contribution in [-0.4, -0.2) is 29.2 Å². The van der Waals surface area contributed by atoms with E-state index in [1.54, 1.807) is 12.1 Å². The molecule has 4 aromatic rings. The molecular formula is C21H18F2N4O2. The van der Waals surface area contributed by atoms with Crippen LogP contribution in [0.4, 0.5) is 19.3 Å². The van der Waals surface area contributed by atoms with E-state index in [9.17, 15) is 13.6 Å². The van der Waals surface area contributed by atoms with Crippen LogP contribution in [0, 0.1) is 0 Å². The van der Waals surface area contributed by atoms with Crippen LogP contribution < -0.4 is 15.4 Å². The molecule has 2 heterocycles. The Bertz CT molecular complexity index is 1160. The second-order valence-corrected chi connectivity index (χ2v) is 6.38. The number of para-hydroxylation sites is 1. The summed E-state index contributed by atoms with van der Waals surface area (Å²) in [5.74, 6) is -0.0408. The molecule has 0 aliphatic heterocycles. The van der Waals surface area contributed by atoms with E-state index in [1.807, 2.05) is 30.5 Å². The number of ether oxygens (including phenoxy) is 1. The largest absolute Gasteiger partial charge is 0.432 e. The van der Waals surface area contributed by atoms with Crippen molar-refractivity contribution in [3.05, 3.63) is 66.5 Å². The van der Waals surface area contributed by atoms with Gasteiger partial charge in [0.2, 0.25) is 0 Å². The van der Waals surface area contributed by atoms with Crippen molar-refractivity contribution in [3.8, 4) is 5.75 Å². The van der Waals surface area contributed by atoms with Crippen molar-refractivity contribution in [2.75, 3.05) is 11.9 Å². The van der Waals surface area contributed by atoms with Crippen LogP contribution in [0.2, 0.25) is 0 Å². The van der Waals surface area contributed by atoms with Crippen LogP contribution in [0.25, 0.3) is 21.8 Å². The van der Waals surface area contributed by atoms with E-state index in [4.69, 9.17) is 0 Å². The van der Waals surface area contributed by atoms with E-state index in [0.717, 1.165) is 16.5 Å². The van der Waals surface area contributed by atoms with E-state index < -0.39 is 12.6 Å². The second kappa shape index (κ2) is 8.14. The smallest absolute Gasteiger partial charge is 0.387 e. The number of urea groups is 1. The van der Waals surface area contributed by atoms with Gasteiger partial charge in [0.15, 0.2) is 5.75 Å². The summed E-state index contributed by atoms with van der Waals surface area (Å²) in [4.78, 5) is 19.6. The Morgan fingerprint density at radius 2 is 1.93 bits per heavy atom. The number of hydrogen-bond donors (Lipinski definition) is 3. The van der Waals surface area contributed by atoms with Crippen molar-refractivity contribution in [3.63, 3.8) is 0 Å². The quantitative estimate of drug-likeness (QED) is 0.443. The molecule has 2 aromatic heterocycles. The highest BCUT2D eigenvalue weighted by Gasteiger charge is 2.13. The molecule has 148 valence electrons. The number of aromatic nitrogens is 2. The molecule has 0 aliphatic rings. The lowest BCUT2D eigenvalue weighted by Crippen LogP contribution is -2.30. The van der Waals surface area contributed by atoms with Crippen molar-refractivity contribution in [1.29, 1.82) is 0 Å². The maximum atomic E-state index is 12.6. The fourth-order valence-corrected chi connectivity index (χ4v) is 3.26. The predicted molar refractivity (Wildman–Crippen MR) is 107 cm³/mol. The minimum Gasteiger partial charge on any atom is -0.432 e. The molecule has 0 unspecified atom stereocenters. The summed E-state index contributed by atoms with van der Waals surface area (Å²) in [6.07, 6.45) is 4.08. The van der Waals surface area contributed by atoms with Gasteiger partial charge in [-0.1, -0.05) is 18.2 Å². The summed E-state index contributed by atoms with van der Waals surface area (Å²) in [6.45, 7) is -2.51. The number of carbonyl (C=O) groups is 1. The summed E-state index contributed by atoms with van der Waals surface area (Å²) in [5, 5.41) is 7.19. The fourth-order valence-electron chi connectivity index (χ4n) is 3.26. The van der Waals surface area contributed by atoms with Gasteiger partial charge in [-0.25, -0.2) is 4.79 Å². The first-order valence-corrected chi connectivity index (χ1v) is 9.04. The van der Waals surface area contributed by atoms with Crippen LogP contribution in [0.3, 0.4) is 0 Å². The van der Waals surface area contributed by atoms with Crippen molar-refractivity contribution in [2.24, 2.45) is 0 Å². The molecule has 0 saturated heterocycles. The van der Waals surface area contributed by atoms with E-state index in [1.165, 1.54) is 18.3 Å². The van der Waals surface area contributed by atoms with Gasteiger partial charge in [0.25, 0.3) is 0 Å². The lowest BCUT2D eigenvalue weighted by atomic mass is 10.1.